The van der Waals surface area contributed by atoms with Gasteiger partial charge < -0.3 is 10.6 Å². The maximum absolute atomic E-state index is 13.0. The van der Waals surface area contributed by atoms with E-state index in [4.69, 9.17) is 0 Å². The number of hydrogen-bond donors (Lipinski definition) is 2. The molecule has 30 heavy (non-hydrogen) atoms. The highest BCUT2D eigenvalue weighted by Gasteiger charge is 2.18. The van der Waals surface area contributed by atoms with Crippen molar-refractivity contribution >= 4 is 22.9 Å². The minimum Gasteiger partial charge on any atom is -0.320 e. The maximum Gasteiger partial charge on any atom is 0.286 e. The molecule has 0 bridgehead atoms. The summed E-state index contributed by atoms with van der Waals surface area (Å²) in [6.45, 7) is 7.07. The molecule has 0 unspecified atom stereocenters. The van der Waals surface area contributed by atoms with Crippen molar-refractivity contribution in [3.05, 3.63) is 75.5 Å². The molecule has 0 aliphatic heterocycles. The van der Waals surface area contributed by atoms with Crippen LogP contribution in [0.4, 0.5) is 10.1 Å². The van der Waals surface area contributed by atoms with Gasteiger partial charge in [0.15, 0.2) is 0 Å². The van der Waals surface area contributed by atoms with Gasteiger partial charge in [0.2, 0.25) is 5.01 Å². The SMILES string of the molecule is CCCc1ccc([C@@H](NCc2nnc(C(=O)Nc3ccc(F)cc3)s2)C(C)C)cc1. The molecule has 1 atom stereocenters. The Morgan fingerprint density at radius 2 is 1.77 bits per heavy atom. The molecule has 3 rings (SSSR count). The van der Waals surface area contributed by atoms with Crippen LogP contribution >= 0.6 is 11.3 Å². The van der Waals surface area contributed by atoms with E-state index in [1.165, 1.54) is 46.7 Å². The van der Waals surface area contributed by atoms with Gasteiger partial charge in [0.1, 0.15) is 10.8 Å². The molecule has 1 aromatic heterocycles. The second-order valence-corrected chi connectivity index (χ2v) is 8.62. The summed E-state index contributed by atoms with van der Waals surface area (Å²) in [6.07, 6.45) is 2.23. The van der Waals surface area contributed by atoms with E-state index >= 15 is 0 Å². The van der Waals surface area contributed by atoms with E-state index < -0.39 is 0 Å². The van der Waals surface area contributed by atoms with Crippen molar-refractivity contribution in [3.8, 4) is 0 Å². The summed E-state index contributed by atoms with van der Waals surface area (Å²) in [6, 6.07) is 14.6. The van der Waals surface area contributed by atoms with Gasteiger partial charge in [-0.1, -0.05) is 62.8 Å². The van der Waals surface area contributed by atoms with Gasteiger partial charge in [-0.15, -0.1) is 10.2 Å². The number of amides is 1. The molecule has 7 heteroatoms. The van der Waals surface area contributed by atoms with Crippen LogP contribution in [-0.2, 0) is 13.0 Å². The summed E-state index contributed by atoms with van der Waals surface area (Å²) >= 11 is 1.25. The minimum absolute atomic E-state index is 0.182. The van der Waals surface area contributed by atoms with Crippen molar-refractivity contribution in [3.63, 3.8) is 0 Å². The summed E-state index contributed by atoms with van der Waals surface area (Å²) < 4.78 is 13.0. The average molecular weight is 427 g/mol. The number of carbonyl (C=O) groups excluding carboxylic acids is 1. The molecule has 3 aromatic rings. The highest BCUT2D eigenvalue weighted by atomic mass is 32.1. The van der Waals surface area contributed by atoms with Gasteiger partial charge in [-0.05, 0) is 47.7 Å². The first-order valence-electron chi connectivity index (χ1n) is 10.2. The lowest BCUT2D eigenvalue weighted by Gasteiger charge is -2.22. The summed E-state index contributed by atoms with van der Waals surface area (Å²) in [5.74, 6) is -0.301. The Kier molecular flexibility index (Phi) is 7.65. The molecule has 158 valence electrons. The molecule has 1 amide bonds. The third kappa shape index (κ3) is 5.93. The predicted molar refractivity (Wildman–Crippen MR) is 119 cm³/mol. The summed E-state index contributed by atoms with van der Waals surface area (Å²) in [5.41, 5.74) is 3.11. The van der Waals surface area contributed by atoms with E-state index in [1.54, 1.807) is 0 Å². The fourth-order valence-corrected chi connectivity index (χ4v) is 3.94. The van der Waals surface area contributed by atoms with Crippen molar-refractivity contribution in [1.29, 1.82) is 0 Å². The first-order chi connectivity index (χ1) is 14.5. The van der Waals surface area contributed by atoms with Gasteiger partial charge in [0.05, 0.1) is 6.54 Å². The first kappa shape index (κ1) is 22.1. The lowest BCUT2D eigenvalue weighted by atomic mass is 9.94. The van der Waals surface area contributed by atoms with Crippen LogP contribution in [0.15, 0.2) is 48.5 Å². The summed E-state index contributed by atoms with van der Waals surface area (Å²) in [5, 5.41) is 15.4. The Morgan fingerprint density at radius 1 is 1.07 bits per heavy atom. The number of anilines is 1. The molecule has 0 spiro atoms. The zero-order chi connectivity index (χ0) is 21.5. The van der Waals surface area contributed by atoms with E-state index in [1.807, 2.05) is 0 Å². The van der Waals surface area contributed by atoms with Crippen molar-refractivity contribution < 1.29 is 9.18 Å². The lowest BCUT2D eigenvalue weighted by Crippen LogP contribution is -2.25. The van der Waals surface area contributed by atoms with Gasteiger partial charge in [-0.3, -0.25) is 4.79 Å². The Bertz CT molecular complexity index is 954. The number of aromatic nitrogens is 2. The molecular formula is C23H27FN4OS. The predicted octanol–water partition coefficient (Wildman–Crippen LogP) is 5.37. The highest BCUT2D eigenvalue weighted by molar-refractivity contribution is 7.13. The van der Waals surface area contributed by atoms with Crippen molar-refractivity contribution in [2.75, 3.05) is 5.32 Å². The van der Waals surface area contributed by atoms with Crippen molar-refractivity contribution in [2.45, 2.75) is 46.2 Å². The number of nitrogens with zero attached hydrogens (tertiary/aromatic N) is 2. The van der Waals surface area contributed by atoms with E-state index in [0.717, 1.165) is 17.8 Å². The van der Waals surface area contributed by atoms with E-state index in [9.17, 15) is 9.18 Å². The first-order valence-corrected chi connectivity index (χ1v) is 11.0. The monoisotopic (exact) mass is 426 g/mol. The highest BCUT2D eigenvalue weighted by Crippen LogP contribution is 2.23. The van der Waals surface area contributed by atoms with Crippen LogP contribution in [0.2, 0.25) is 0 Å². The largest absolute Gasteiger partial charge is 0.320 e. The van der Waals surface area contributed by atoms with Crippen LogP contribution in [0.5, 0.6) is 0 Å². The molecule has 5 nitrogen and oxygen atoms in total. The molecule has 0 aliphatic carbocycles. The second kappa shape index (κ2) is 10.4. The Balaban J connectivity index is 1.61. The summed E-state index contributed by atoms with van der Waals surface area (Å²) in [7, 11) is 0. The van der Waals surface area contributed by atoms with E-state index in [0.29, 0.717) is 18.2 Å². The fraction of sp³-hybridized carbons (Fsp3) is 0.348. The van der Waals surface area contributed by atoms with Gasteiger partial charge >= 0.3 is 0 Å². The van der Waals surface area contributed by atoms with Gasteiger partial charge in [-0.2, -0.15) is 0 Å². The molecule has 2 aromatic carbocycles. The molecule has 1 heterocycles. The average Bonchev–Trinajstić information content (AvgIpc) is 3.20. The van der Waals surface area contributed by atoms with Crippen LogP contribution in [0, 0.1) is 11.7 Å². The van der Waals surface area contributed by atoms with Gasteiger partial charge in [-0.25, -0.2) is 4.39 Å². The van der Waals surface area contributed by atoms with Crippen LogP contribution in [0.25, 0.3) is 0 Å². The van der Waals surface area contributed by atoms with Crippen LogP contribution in [0.1, 0.15) is 59.2 Å². The number of carbonyl (C=O) groups is 1. The molecule has 2 N–H and O–H groups in total. The van der Waals surface area contributed by atoms with E-state index in [-0.39, 0.29) is 22.8 Å². The quantitative estimate of drug-likeness (QED) is 0.483. The van der Waals surface area contributed by atoms with Gasteiger partial charge in [0.25, 0.3) is 5.91 Å². The number of halogens is 1. The molecule has 0 radical (unpaired) electrons. The lowest BCUT2D eigenvalue weighted by molar-refractivity contribution is 0.102. The third-order valence-corrected chi connectivity index (χ3v) is 5.70. The Labute approximate surface area is 180 Å². The molecule has 0 saturated carbocycles. The number of rotatable bonds is 9. The maximum atomic E-state index is 13.0. The van der Waals surface area contributed by atoms with E-state index in [2.05, 4.69) is 65.9 Å². The molecule has 0 fully saturated rings. The van der Waals surface area contributed by atoms with Crippen LogP contribution in [0.3, 0.4) is 0 Å². The number of benzene rings is 2. The number of hydrogen-bond acceptors (Lipinski definition) is 5. The number of nitrogens with one attached hydrogen (secondary N) is 2. The van der Waals surface area contributed by atoms with Crippen LogP contribution < -0.4 is 10.6 Å². The fourth-order valence-electron chi connectivity index (χ4n) is 3.25. The van der Waals surface area contributed by atoms with Crippen LogP contribution in [-0.4, -0.2) is 16.1 Å². The molecular weight excluding hydrogens is 399 g/mol. The van der Waals surface area contributed by atoms with Crippen molar-refractivity contribution in [2.24, 2.45) is 5.92 Å². The zero-order valence-corrected chi connectivity index (χ0v) is 18.3. The zero-order valence-electron chi connectivity index (χ0n) is 17.5. The normalized spacial score (nSPS) is 12.2. The number of aryl methyl sites for hydroxylation is 1. The van der Waals surface area contributed by atoms with Gasteiger partial charge in [0, 0.05) is 11.7 Å². The molecule has 0 aliphatic rings. The Hall–Kier alpha value is -2.64. The van der Waals surface area contributed by atoms with Crippen molar-refractivity contribution in [1.82, 2.24) is 15.5 Å². The minimum atomic E-state index is -0.350. The Morgan fingerprint density at radius 3 is 2.40 bits per heavy atom. The molecule has 0 saturated heterocycles. The smallest absolute Gasteiger partial charge is 0.286 e. The second-order valence-electron chi connectivity index (χ2n) is 7.56. The topological polar surface area (TPSA) is 66.9 Å². The summed E-state index contributed by atoms with van der Waals surface area (Å²) in [4.78, 5) is 12.3. The standard InChI is InChI=1S/C23H27FN4OS/c1-4-5-16-6-8-17(9-7-16)21(15(2)3)25-14-20-27-28-23(30-20)22(29)26-19-12-10-18(24)11-13-19/h6-13,15,21,25H,4-5,14H2,1-3H3,(H,26,29)/t21-/m0/s1. The third-order valence-electron chi connectivity index (χ3n) is 4.78.